The number of ether oxygens (including phenoxy) is 2. The van der Waals surface area contributed by atoms with Gasteiger partial charge in [0.1, 0.15) is 22.8 Å². The highest BCUT2D eigenvalue weighted by atomic mass is 16.5. The van der Waals surface area contributed by atoms with E-state index in [1.807, 2.05) is 24.3 Å². The second kappa shape index (κ2) is 10.3. The molecule has 0 aromatic heterocycles. The number of phenols is 1. The lowest BCUT2D eigenvalue weighted by Gasteiger charge is -2.28. The number of aliphatic hydroxyl groups excluding tert-OH is 1. The SMILES string of the molecule is COc1cccc(C=CC(=O)c2c(OC)cc(CO)c(CN3CCCCC3)c2O)c1. The van der Waals surface area contributed by atoms with Gasteiger partial charge in [-0.05, 0) is 61.3 Å². The van der Waals surface area contributed by atoms with Crippen molar-refractivity contribution < 1.29 is 24.5 Å². The first-order chi connectivity index (χ1) is 14.6. The minimum absolute atomic E-state index is 0.112. The van der Waals surface area contributed by atoms with Crippen LogP contribution in [0, 0.1) is 0 Å². The van der Waals surface area contributed by atoms with E-state index in [2.05, 4.69) is 4.90 Å². The molecule has 0 amide bonds. The smallest absolute Gasteiger partial charge is 0.193 e. The lowest BCUT2D eigenvalue weighted by Crippen LogP contribution is -2.29. The second-order valence-electron chi connectivity index (χ2n) is 7.41. The minimum Gasteiger partial charge on any atom is -0.507 e. The maximum absolute atomic E-state index is 13.0. The van der Waals surface area contributed by atoms with Crippen molar-refractivity contribution >= 4 is 11.9 Å². The summed E-state index contributed by atoms with van der Waals surface area (Å²) in [5, 5.41) is 20.8. The van der Waals surface area contributed by atoms with Crippen LogP contribution in [0.4, 0.5) is 0 Å². The topological polar surface area (TPSA) is 79.2 Å². The van der Waals surface area contributed by atoms with E-state index in [1.165, 1.54) is 19.6 Å². The van der Waals surface area contributed by atoms with E-state index >= 15 is 0 Å². The number of ketones is 1. The van der Waals surface area contributed by atoms with Gasteiger partial charge in [0.05, 0.1) is 20.8 Å². The van der Waals surface area contributed by atoms with Gasteiger partial charge in [0.25, 0.3) is 0 Å². The van der Waals surface area contributed by atoms with Gasteiger partial charge < -0.3 is 19.7 Å². The maximum Gasteiger partial charge on any atom is 0.193 e. The Morgan fingerprint density at radius 3 is 2.57 bits per heavy atom. The number of piperidine rings is 1. The third-order valence-electron chi connectivity index (χ3n) is 5.45. The summed E-state index contributed by atoms with van der Waals surface area (Å²) in [5.74, 6) is 0.459. The molecule has 1 saturated heterocycles. The monoisotopic (exact) mass is 411 g/mol. The number of hydrogen-bond acceptors (Lipinski definition) is 6. The van der Waals surface area contributed by atoms with Crippen molar-refractivity contribution in [2.24, 2.45) is 0 Å². The van der Waals surface area contributed by atoms with Crippen molar-refractivity contribution in [1.82, 2.24) is 4.90 Å². The normalized spacial score (nSPS) is 14.8. The Morgan fingerprint density at radius 1 is 1.13 bits per heavy atom. The van der Waals surface area contributed by atoms with Crippen LogP contribution < -0.4 is 9.47 Å². The molecule has 0 radical (unpaired) electrons. The predicted molar refractivity (Wildman–Crippen MR) is 116 cm³/mol. The molecular weight excluding hydrogens is 382 g/mol. The Hall–Kier alpha value is -2.83. The molecule has 2 aromatic rings. The van der Waals surface area contributed by atoms with E-state index in [4.69, 9.17) is 9.47 Å². The van der Waals surface area contributed by atoms with Gasteiger partial charge in [0.15, 0.2) is 5.78 Å². The average Bonchev–Trinajstić information content (AvgIpc) is 2.79. The van der Waals surface area contributed by atoms with Crippen LogP contribution in [0.1, 0.15) is 46.3 Å². The Kier molecular flexibility index (Phi) is 7.49. The molecule has 1 aliphatic heterocycles. The number of rotatable bonds is 8. The lowest BCUT2D eigenvalue weighted by atomic mass is 9.97. The molecule has 0 aliphatic carbocycles. The minimum atomic E-state index is -0.364. The van der Waals surface area contributed by atoms with E-state index in [9.17, 15) is 15.0 Å². The summed E-state index contributed by atoms with van der Waals surface area (Å²) in [6, 6.07) is 8.99. The quantitative estimate of drug-likeness (QED) is 0.508. The molecule has 6 heteroatoms. The van der Waals surface area contributed by atoms with E-state index in [-0.39, 0.29) is 29.5 Å². The summed E-state index contributed by atoms with van der Waals surface area (Å²) in [7, 11) is 3.03. The Morgan fingerprint density at radius 2 is 1.90 bits per heavy atom. The molecule has 160 valence electrons. The highest BCUT2D eigenvalue weighted by Crippen LogP contribution is 2.36. The summed E-state index contributed by atoms with van der Waals surface area (Å²) in [6.45, 7) is 2.14. The number of likely N-dealkylation sites (tertiary alicyclic amines) is 1. The molecule has 6 nitrogen and oxygen atoms in total. The maximum atomic E-state index is 13.0. The van der Waals surface area contributed by atoms with Crippen LogP contribution in [0.15, 0.2) is 36.4 Å². The van der Waals surface area contributed by atoms with Crippen molar-refractivity contribution in [3.8, 4) is 17.2 Å². The van der Waals surface area contributed by atoms with Crippen LogP contribution in [0.2, 0.25) is 0 Å². The van der Waals surface area contributed by atoms with Crippen LogP contribution in [0.3, 0.4) is 0 Å². The van der Waals surface area contributed by atoms with Gasteiger partial charge in [0.2, 0.25) is 0 Å². The van der Waals surface area contributed by atoms with Crippen LogP contribution in [0.25, 0.3) is 6.08 Å². The summed E-state index contributed by atoms with van der Waals surface area (Å²) in [6.07, 6.45) is 6.52. The Balaban J connectivity index is 1.94. The number of carbonyl (C=O) groups is 1. The Labute approximate surface area is 177 Å². The third kappa shape index (κ3) is 5.01. The van der Waals surface area contributed by atoms with Gasteiger partial charge in [-0.15, -0.1) is 0 Å². The number of phenolic OH excluding ortho intramolecular Hbond substituents is 1. The zero-order chi connectivity index (χ0) is 21.5. The number of methoxy groups -OCH3 is 2. The van der Waals surface area contributed by atoms with E-state index in [0.29, 0.717) is 23.4 Å². The van der Waals surface area contributed by atoms with Crippen molar-refractivity contribution in [1.29, 1.82) is 0 Å². The van der Waals surface area contributed by atoms with Gasteiger partial charge in [-0.3, -0.25) is 9.69 Å². The van der Waals surface area contributed by atoms with Crippen molar-refractivity contribution in [2.45, 2.75) is 32.4 Å². The molecule has 2 aromatic carbocycles. The number of carbonyl (C=O) groups excluding carboxylic acids is 1. The van der Waals surface area contributed by atoms with Crippen molar-refractivity contribution in [2.75, 3.05) is 27.3 Å². The van der Waals surface area contributed by atoms with Crippen molar-refractivity contribution in [3.05, 3.63) is 58.7 Å². The fourth-order valence-electron chi connectivity index (χ4n) is 3.80. The van der Waals surface area contributed by atoms with Gasteiger partial charge in [-0.25, -0.2) is 0 Å². The molecule has 2 N–H and O–H groups in total. The predicted octanol–water partition coefficient (Wildman–Crippen LogP) is 3.78. The van der Waals surface area contributed by atoms with Crippen LogP contribution in [0.5, 0.6) is 17.2 Å². The number of benzene rings is 2. The molecule has 30 heavy (non-hydrogen) atoms. The molecule has 1 fully saturated rings. The van der Waals surface area contributed by atoms with E-state index in [1.54, 1.807) is 19.3 Å². The molecular formula is C24H29NO5. The number of allylic oxidation sites excluding steroid dienone is 1. The van der Waals surface area contributed by atoms with Crippen molar-refractivity contribution in [3.63, 3.8) is 0 Å². The van der Waals surface area contributed by atoms with Gasteiger partial charge in [0, 0.05) is 12.1 Å². The molecule has 0 unspecified atom stereocenters. The fourth-order valence-corrected chi connectivity index (χ4v) is 3.80. The van der Waals surface area contributed by atoms with E-state index < -0.39 is 0 Å². The molecule has 3 rings (SSSR count). The second-order valence-corrected chi connectivity index (χ2v) is 7.41. The van der Waals surface area contributed by atoms with Gasteiger partial charge in [-0.1, -0.05) is 24.6 Å². The lowest BCUT2D eigenvalue weighted by molar-refractivity contribution is 0.104. The molecule has 0 saturated carbocycles. The van der Waals surface area contributed by atoms with E-state index in [0.717, 1.165) is 31.5 Å². The van der Waals surface area contributed by atoms with Gasteiger partial charge >= 0.3 is 0 Å². The molecule has 0 atom stereocenters. The average molecular weight is 411 g/mol. The van der Waals surface area contributed by atoms with Crippen LogP contribution in [-0.2, 0) is 13.2 Å². The van der Waals surface area contributed by atoms with Gasteiger partial charge in [-0.2, -0.15) is 0 Å². The van der Waals surface area contributed by atoms with Crippen LogP contribution >= 0.6 is 0 Å². The standard InChI is InChI=1S/C24H29NO5/c1-29-19-8-6-7-17(13-19)9-10-21(27)23-22(30-2)14-18(16-26)20(24(23)28)15-25-11-4-3-5-12-25/h6-10,13-14,26,28H,3-5,11-12,15-16H2,1-2H3. The first-order valence-corrected chi connectivity index (χ1v) is 10.2. The first kappa shape index (κ1) is 21.9. The molecule has 0 bridgehead atoms. The third-order valence-corrected chi connectivity index (χ3v) is 5.45. The summed E-state index contributed by atoms with van der Waals surface area (Å²) in [4.78, 5) is 15.2. The number of nitrogens with zero attached hydrogens (tertiary/aromatic N) is 1. The summed E-state index contributed by atoms with van der Waals surface area (Å²) in [5.41, 5.74) is 2.07. The number of hydrogen-bond donors (Lipinski definition) is 2. The molecule has 0 spiro atoms. The highest BCUT2D eigenvalue weighted by molar-refractivity contribution is 6.10. The largest absolute Gasteiger partial charge is 0.507 e. The zero-order valence-corrected chi connectivity index (χ0v) is 17.6. The first-order valence-electron chi connectivity index (χ1n) is 10.2. The number of aliphatic hydroxyl groups is 1. The number of aromatic hydroxyl groups is 1. The molecule has 1 heterocycles. The summed E-state index contributed by atoms with van der Waals surface area (Å²) < 4.78 is 10.6. The highest BCUT2D eigenvalue weighted by Gasteiger charge is 2.24. The van der Waals surface area contributed by atoms with Crippen LogP contribution in [-0.4, -0.2) is 48.2 Å². The molecule has 1 aliphatic rings. The Bertz CT molecular complexity index is 916. The summed E-state index contributed by atoms with van der Waals surface area (Å²) >= 11 is 0. The fraction of sp³-hybridized carbons (Fsp3) is 0.375. The zero-order valence-electron chi connectivity index (χ0n) is 17.6.